The molecule has 0 aliphatic rings. The van der Waals surface area contributed by atoms with Gasteiger partial charge in [-0.15, -0.1) is 4.91 Å². The predicted octanol–water partition coefficient (Wildman–Crippen LogP) is 3.88. The number of amides is 1. The van der Waals surface area contributed by atoms with Gasteiger partial charge in [0.1, 0.15) is 0 Å². The van der Waals surface area contributed by atoms with Crippen molar-refractivity contribution in [2.45, 2.75) is 0 Å². The van der Waals surface area contributed by atoms with E-state index in [1.54, 1.807) is 0 Å². The van der Waals surface area contributed by atoms with Gasteiger partial charge in [0, 0.05) is 28.4 Å². The fraction of sp³-hybridized carbons (Fsp3) is 0. The number of carbonyl (C=O) groups excluding carboxylic acids is 1. The first-order valence-corrected chi connectivity index (χ1v) is 6.88. The van der Waals surface area contributed by atoms with Gasteiger partial charge < -0.3 is 10.4 Å². The van der Waals surface area contributed by atoms with Crippen LogP contribution < -0.4 is 5.32 Å². The normalized spacial score (nSPS) is 11.4. The number of halogens is 1. The molecule has 2 aromatic rings. The predicted molar refractivity (Wildman–Crippen MR) is 88.5 cm³/mol. The highest BCUT2D eigenvalue weighted by atomic mass is 35.5. The minimum Gasteiger partial charge on any atom is -0.505 e. The molecule has 9 heteroatoms. The summed E-state index contributed by atoms with van der Waals surface area (Å²) < 4.78 is 0. The lowest BCUT2D eigenvalue weighted by Crippen LogP contribution is -2.14. The fourth-order valence-electron chi connectivity index (χ4n) is 1.79. The Morgan fingerprint density at radius 3 is 2.21 bits per heavy atom. The largest absolute Gasteiger partial charge is 0.505 e. The molecule has 2 N–H and O–H groups in total. The maximum Gasteiger partial charge on any atom is 0.281 e. The van der Waals surface area contributed by atoms with Crippen LogP contribution in [0.15, 0.2) is 59.4 Å². The summed E-state index contributed by atoms with van der Waals surface area (Å²) in [6, 6.07) is 10.7. The summed E-state index contributed by atoms with van der Waals surface area (Å²) in [7, 11) is 0. The van der Waals surface area contributed by atoms with Gasteiger partial charge in [-0.3, -0.25) is 14.9 Å². The number of rotatable bonds is 5. The number of nitrogens with zero attached hydrogens (tertiary/aromatic N) is 2. The van der Waals surface area contributed by atoms with Crippen LogP contribution in [0.2, 0.25) is 5.02 Å². The number of nitrogens with one attached hydrogen (secondary N) is 1. The Morgan fingerprint density at radius 1 is 1.12 bits per heavy atom. The quantitative estimate of drug-likeness (QED) is 0.279. The van der Waals surface area contributed by atoms with Crippen molar-refractivity contribution >= 4 is 34.6 Å². The van der Waals surface area contributed by atoms with Crippen LogP contribution in [0.4, 0.5) is 11.4 Å². The highest BCUT2D eigenvalue weighted by Gasteiger charge is 2.19. The summed E-state index contributed by atoms with van der Waals surface area (Å²) in [4.78, 5) is 33.0. The maximum atomic E-state index is 12.1. The van der Waals surface area contributed by atoms with Gasteiger partial charge in [0.25, 0.3) is 11.6 Å². The molecule has 122 valence electrons. The smallest absolute Gasteiger partial charge is 0.281 e. The topological polar surface area (TPSA) is 122 Å². The lowest BCUT2D eigenvalue weighted by atomic mass is 10.1. The molecular formula is C15H10ClN3O5. The number of hydrogen-bond acceptors (Lipinski definition) is 6. The van der Waals surface area contributed by atoms with E-state index in [4.69, 9.17) is 11.6 Å². The lowest BCUT2D eigenvalue weighted by molar-refractivity contribution is -0.384. The average molecular weight is 348 g/mol. The molecule has 2 rings (SSSR count). The molecule has 0 aliphatic carbocycles. The van der Waals surface area contributed by atoms with Crippen LogP contribution in [-0.2, 0) is 4.79 Å². The van der Waals surface area contributed by atoms with E-state index in [-0.39, 0.29) is 11.3 Å². The number of aliphatic hydroxyl groups is 1. The molecule has 0 aromatic heterocycles. The molecule has 0 atom stereocenters. The van der Waals surface area contributed by atoms with Crippen LogP contribution in [0.1, 0.15) is 5.56 Å². The Bertz CT molecular complexity index is 816. The van der Waals surface area contributed by atoms with Crippen LogP contribution in [0.3, 0.4) is 0 Å². The Balaban J connectivity index is 2.28. The zero-order chi connectivity index (χ0) is 17.7. The molecule has 0 fully saturated rings. The third-order valence-corrected chi connectivity index (χ3v) is 3.24. The van der Waals surface area contributed by atoms with Crippen LogP contribution in [0, 0.1) is 15.0 Å². The Morgan fingerprint density at radius 2 is 1.71 bits per heavy atom. The van der Waals surface area contributed by atoms with Gasteiger partial charge in [-0.2, -0.15) is 0 Å². The van der Waals surface area contributed by atoms with Gasteiger partial charge in [0.05, 0.1) is 4.92 Å². The number of nitro benzene ring substituents is 1. The average Bonchev–Trinajstić information content (AvgIpc) is 2.57. The number of nitro groups is 1. The number of aliphatic hydroxyl groups excluding tert-OH is 1. The number of hydrogen-bond donors (Lipinski definition) is 2. The van der Waals surface area contributed by atoms with Crippen LogP contribution >= 0.6 is 11.6 Å². The highest BCUT2D eigenvalue weighted by molar-refractivity contribution is 6.30. The molecule has 0 radical (unpaired) electrons. The molecule has 24 heavy (non-hydrogen) atoms. The minimum atomic E-state index is -0.928. The number of nitroso groups, excluding NO2 is 1. The molecule has 0 saturated heterocycles. The minimum absolute atomic E-state index is 0.0430. The van der Waals surface area contributed by atoms with E-state index in [0.717, 1.165) is 12.1 Å². The van der Waals surface area contributed by atoms with E-state index >= 15 is 0 Å². The van der Waals surface area contributed by atoms with Crippen molar-refractivity contribution in [3.05, 3.63) is 79.8 Å². The van der Waals surface area contributed by atoms with Crippen molar-refractivity contribution in [3.8, 4) is 0 Å². The summed E-state index contributed by atoms with van der Waals surface area (Å²) in [5.74, 6) is -1.62. The molecule has 1 amide bonds. The Kier molecular flexibility index (Phi) is 5.23. The molecule has 0 heterocycles. The third-order valence-electron chi connectivity index (χ3n) is 2.98. The summed E-state index contributed by atoms with van der Waals surface area (Å²) >= 11 is 5.73. The first kappa shape index (κ1) is 17.1. The monoisotopic (exact) mass is 347 g/mol. The van der Waals surface area contributed by atoms with Crippen molar-refractivity contribution in [1.82, 2.24) is 0 Å². The summed E-state index contributed by atoms with van der Waals surface area (Å²) in [6.07, 6.45) is 0. The van der Waals surface area contributed by atoms with Crippen molar-refractivity contribution < 1.29 is 14.8 Å². The molecule has 0 bridgehead atoms. The summed E-state index contributed by atoms with van der Waals surface area (Å²) in [6.45, 7) is 0. The van der Waals surface area contributed by atoms with Gasteiger partial charge in [-0.05, 0) is 41.6 Å². The van der Waals surface area contributed by atoms with E-state index in [9.17, 15) is 24.9 Å². The third kappa shape index (κ3) is 3.93. The van der Waals surface area contributed by atoms with E-state index < -0.39 is 22.3 Å². The van der Waals surface area contributed by atoms with Gasteiger partial charge in [-0.1, -0.05) is 11.6 Å². The number of anilines is 1. The van der Waals surface area contributed by atoms with E-state index in [1.807, 2.05) is 0 Å². The molecule has 0 aliphatic heterocycles. The number of carbonyl (C=O) groups is 1. The first-order chi connectivity index (χ1) is 11.4. The summed E-state index contributed by atoms with van der Waals surface area (Å²) in [5, 5.41) is 26.0. The number of benzene rings is 2. The summed E-state index contributed by atoms with van der Waals surface area (Å²) in [5.41, 5.74) is -0.555. The SMILES string of the molecule is O=N/C(C(=O)Nc1ccc(Cl)cc1)=C(/O)c1ccc([N+](=O)[O-])cc1. The first-order valence-electron chi connectivity index (χ1n) is 6.50. The van der Waals surface area contributed by atoms with Gasteiger partial charge in [0.15, 0.2) is 5.76 Å². The second-order valence-corrected chi connectivity index (χ2v) is 4.99. The van der Waals surface area contributed by atoms with Crippen molar-refractivity contribution in [3.63, 3.8) is 0 Å². The number of non-ortho nitro benzene ring substituents is 1. The standard InChI is InChI=1S/C15H10ClN3O5/c16-10-3-5-11(6-4-10)17-15(21)13(18-22)14(20)9-1-7-12(8-2-9)19(23)24/h1-8,20H,(H,17,21)/b14-13+. The zero-order valence-corrected chi connectivity index (χ0v) is 12.7. The maximum absolute atomic E-state index is 12.1. The molecule has 0 saturated carbocycles. The van der Waals surface area contributed by atoms with Gasteiger partial charge in [-0.25, -0.2) is 0 Å². The highest BCUT2D eigenvalue weighted by Crippen LogP contribution is 2.22. The van der Waals surface area contributed by atoms with Crippen molar-refractivity contribution in [2.75, 3.05) is 5.32 Å². The second-order valence-electron chi connectivity index (χ2n) is 4.55. The molecule has 0 unspecified atom stereocenters. The van der Waals surface area contributed by atoms with E-state index in [1.165, 1.54) is 36.4 Å². The van der Waals surface area contributed by atoms with Crippen LogP contribution in [0.25, 0.3) is 5.76 Å². The lowest BCUT2D eigenvalue weighted by Gasteiger charge is -2.06. The molecule has 0 spiro atoms. The van der Waals surface area contributed by atoms with Crippen LogP contribution in [-0.4, -0.2) is 15.9 Å². The van der Waals surface area contributed by atoms with Gasteiger partial charge in [0.2, 0.25) is 5.70 Å². The van der Waals surface area contributed by atoms with Crippen molar-refractivity contribution in [1.29, 1.82) is 0 Å². The Hall–Kier alpha value is -3.26. The molecule has 2 aromatic carbocycles. The zero-order valence-electron chi connectivity index (χ0n) is 12.0. The van der Waals surface area contributed by atoms with Crippen LogP contribution in [0.5, 0.6) is 0 Å². The van der Waals surface area contributed by atoms with Gasteiger partial charge >= 0.3 is 0 Å². The van der Waals surface area contributed by atoms with Crippen molar-refractivity contribution in [2.24, 2.45) is 5.18 Å². The Labute approximate surface area is 140 Å². The second kappa shape index (κ2) is 7.34. The van der Waals surface area contributed by atoms with E-state index in [0.29, 0.717) is 10.7 Å². The molecular weight excluding hydrogens is 338 g/mol. The molecule has 8 nitrogen and oxygen atoms in total. The fourth-order valence-corrected chi connectivity index (χ4v) is 1.92. The van der Waals surface area contributed by atoms with E-state index in [2.05, 4.69) is 10.5 Å².